The normalized spacial score (nSPS) is 18.2. The molecule has 0 fully saturated rings. The molecule has 2 atom stereocenters. The fourth-order valence-electron chi connectivity index (χ4n) is 3.53. The molecule has 0 aromatic carbocycles. The van der Waals surface area contributed by atoms with E-state index in [4.69, 9.17) is 4.74 Å². The number of aliphatic imine (C=N–C) groups is 1. The van der Waals surface area contributed by atoms with Gasteiger partial charge in [-0.25, -0.2) is 9.67 Å². The average molecular weight is 379 g/mol. The fourth-order valence-corrected chi connectivity index (χ4v) is 3.53. The lowest BCUT2D eigenvalue weighted by Gasteiger charge is -2.26. The van der Waals surface area contributed by atoms with Crippen LogP contribution in [0.5, 0.6) is 0 Å². The summed E-state index contributed by atoms with van der Waals surface area (Å²) in [5.41, 5.74) is 0. The summed E-state index contributed by atoms with van der Waals surface area (Å²) in [6.07, 6.45) is 9.99. The van der Waals surface area contributed by atoms with Gasteiger partial charge >= 0.3 is 0 Å². The van der Waals surface area contributed by atoms with E-state index in [2.05, 4.69) is 39.6 Å². The van der Waals surface area contributed by atoms with E-state index in [9.17, 15) is 0 Å². The summed E-state index contributed by atoms with van der Waals surface area (Å²) in [4.78, 5) is 8.93. The first-order chi connectivity index (χ1) is 13.2. The van der Waals surface area contributed by atoms with Crippen LogP contribution in [0, 0.1) is 5.92 Å². The van der Waals surface area contributed by atoms with Gasteiger partial charge in [-0.3, -0.25) is 4.99 Å². The Kier molecular flexibility index (Phi) is 9.59. The molecule has 2 unspecified atom stereocenters. The van der Waals surface area contributed by atoms with Gasteiger partial charge in [-0.05, 0) is 18.8 Å². The van der Waals surface area contributed by atoms with Crippen molar-refractivity contribution < 1.29 is 4.74 Å². The van der Waals surface area contributed by atoms with Crippen molar-refractivity contribution in [2.45, 2.75) is 84.4 Å². The molecule has 1 aromatic heterocycles. The Morgan fingerprint density at radius 2 is 2.15 bits per heavy atom. The van der Waals surface area contributed by atoms with Crippen LogP contribution in [0.25, 0.3) is 0 Å². The highest BCUT2D eigenvalue weighted by molar-refractivity contribution is 5.79. The Morgan fingerprint density at radius 3 is 2.89 bits per heavy atom. The lowest BCUT2D eigenvalue weighted by molar-refractivity contribution is 0.177. The van der Waals surface area contributed by atoms with Crippen LogP contribution in [0.3, 0.4) is 0 Å². The number of rotatable bonds is 11. The van der Waals surface area contributed by atoms with E-state index >= 15 is 0 Å². The maximum Gasteiger partial charge on any atom is 0.191 e. The zero-order chi connectivity index (χ0) is 19.5. The molecule has 7 nitrogen and oxygen atoms in total. The van der Waals surface area contributed by atoms with Crippen LogP contribution in [0.4, 0.5) is 0 Å². The number of unbranched alkanes of at least 4 members (excludes halogenated alkanes) is 4. The lowest BCUT2D eigenvalue weighted by Crippen LogP contribution is -2.47. The molecule has 2 rings (SSSR count). The number of aryl methyl sites for hydroxylation is 1. The minimum Gasteiger partial charge on any atom is -0.377 e. The highest BCUT2D eigenvalue weighted by Crippen LogP contribution is 2.14. The molecule has 0 saturated carbocycles. The number of aromatic nitrogens is 3. The molecule has 0 radical (unpaired) electrons. The fraction of sp³-hybridized carbons (Fsp3) is 0.850. The molecule has 0 amide bonds. The van der Waals surface area contributed by atoms with Crippen molar-refractivity contribution in [3.63, 3.8) is 0 Å². The Balaban J connectivity index is 1.70. The second-order valence-corrected chi connectivity index (χ2v) is 7.70. The number of nitrogens with one attached hydrogen (secondary N) is 2. The van der Waals surface area contributed by atoms with E-state index in [1.807, 2.05) is 11.7 Å². The number of guanidine groups is 1. The molecule has 2 heterocycles. The third-order valence-electron chi connectivity index (χ3n) is 5.16. The SMILES string of the molecule is CCCCCCCC(C)CNC(=NC)NC1CCc2nc(COC)nn2C1. The Labute approximate surface area is 164 Å². The van der Waals surface area contributed by atoms with Gasteiger partial charge in [0.1, 0.15) is 12.4 Å². The zero-order valence-corrected chi connectivity index (χ0v) is 17.6. The molecule has 0 aliphatic carbocycles. The number of hydrogen-bond donors (Lipinski definition) is 2. The first kappa shape index (κ1) is 21.7. The zero-order valence-electron chi connectivity index (χ0n) is 17.6. The lowest BCUT2D eigenvalue weighted by atomic mass is 10.0. The smallest absolute Gasteiger partial charge is 0.191 e. The third-order valence-corrected chi connectivity index (χ3v) is 5.16. The largest absolute Gasteiger partial charge is 0.377 e. The van der Waals surface area contributed by atoms with E-state index in [1.165, 1.54) is 38.5 Å². The summed E-state index contributed by atoms with van der Waals surface area (Å²) in [7, 11) is 3.51. The molecule has 7 heteroatoms. The predicted octanol–water partition coefficient (Wildman–Crippen LogP) is 2.90. The van der Waals surface area contributed by atoms with Crippen LogP contribution in [0.1, 0.15) is 70.4 Å². The predicted molar refractivity (Wildman–Crippen MR) is 110 cm³/mol. The van der Waals surface area contributed by atoms with Gasteiger partial charge in [0.05, 0.1) is 6.54 Å². The minimum absolute atomic E-state index is 0.324. The Bertz CT molecular complexity index is 571. The average Bonchev–Trinajstić information content (AvgIpc) is 3.06. The summed E-state index contributed by atoms with van der Waals surface area (Å²) in [6.45, 7) is 6.84. The molecule has 0 saturated heterocycles. The van der Waals surface area contributed by atoms with E-state index < -0.39 is 0 Å². The van der Waals surface area contributed by atoms with Crippen molar-refractivity contribution in [1.29, 1.82) is 0 Å². The van der Waals surface area contributed by atoms with Crippen molar-refractivity contribution in [3.05, 3.63) is 11.6 Å². The summed E-state index contributed by atoms with van der Waals surface area (Å²) >= 11 is 0. The second-order valence-electron chi connectivity index (χ2n) is 7.70. The van der Waals surface area contributed by atoms with Crippen molar-refractivity contribution in [2.75, 3.05) is 20.7 Å². The van der Waals surface area contributed by atoms with Crippen LogP contribution in [0.2, 0.25) is 0 Å². The molecule has 0 spiro atoms. The summed E-state index contributed by atoms with van der Waals surface area (Å²) in [5, 5.41) is 11.6. The van der Waals surface area contributed by atoms with Crippen LogP contribution >= 0.6 is 0 Å². The minimum atomic E-state index is 0.324. The van der Waals surface area contributed by atoms with E-state index in [0.717, 1.165) is 43.5 Å². The molecule has 1 aromatic rings. The van der Waals surface area contributed by atoms with Gasteiger partial charge in [-0.15, -0.1) is 0 Å². The first-order valence-electron chi connectivity index (χ1n) is 10.5. The number of nitrogens with zero attached hydrogens (tertiary/aromatic N) is 4. The Hall–Kier alpha value is -1.63. The highest BCUT2D eigenvalue weighted by atomic mass is 16.5. The molecule has 154 valence electrons. The number of methoxy groups -OCH3 is 1. The summed E-state index contributed by atoms with van der Waals surface area (Å²) in [5.74, 6) is 3.37. The van der Waals surface area contributed by atoms with Crippen molar-refractivity contribution >= 4 is 5.96 Å². The molecule has 1 aliphatic heterocycles. The third kappa shape index (κ3) is 7.48. The molecule has 1 aliphatic rings. The van der Waals surface area contributed by atoms with E-state index in [1.54, 1.807) is 7.11 Å². The number of hydrogen-bond acceptors (Lipinski definition) is 4. The van der Waals surface area contributed by atoms with Crippen molar-refractivity contribution in [2.24, 2.45) is 10.9 Å². The van der Waals surface area contributed by atoms with Gasteiger partial charge in [-0.1, -0.05) is 46.0 Å². The molecular weight excluding hydrogens is 340 g/mol. The number of fused-ring (bicyclic) bond motifs is 1. The standard InChI is InChI=1S/C20H38N6O/c1-5-6-7-8-9-10-16(2)13-22-20(21-3)23-17-11-12-19-24-18(15-27-4)25-26(19)14-17/h16-17H,5-15H2,1-4H3,(H2,21,22,23). The van der Waals surface area contributed by atoms with Crippen LogP contribution in [-0.2, 0) is 24.3 Å². The summed E-state index contributed by atoms with van der Waals surface area (Å²) < 4.78 is 7.13. The highest BCUT2D eigenvalue weighted by Gasteiger charge is 2.22. The van der Waals surface area contributed by atoms with Gasteiger partial charge in [-0.2, -0.15) is 5.10 Å². The van der Waals surface area contributed by atoms with E-state index in [-0.39, 0.29) is 0 Å². The monoisotopic (exact) mass is 378 g/mol. The van der Waals surface area contributed by atoms with Gasteiger partial charge in [0.15, 0.2) is 11.8 Å². The first-order valence-corrected chi connectivity index (χ1v) is 10.5. The van der Waals surface area contributed by atoms with E-state index in [0.29, 0.717) is 18.6 Å². The number of ether oxygens (including phenoxy) is 1. The van der Waals surface area contributed by atoms with Crippen LogP contribution in [0.15, 0.2) is 4.99 Å². The topological polar surface area (TPSA) is 76.4 Å². The maximum atomic E-state index is 5.13. The molecule has 27 heavy (non-hydrogen) atoms. The molecular formula is C20H38N6O. The van der Waals surface area contributed by atoms with Gasteiger partial charge in [0, 0.05) is 33.2 Å². The van der Waals surface area contributed by atoms with Crippen molar-refractivity contribution in [1.82, 2.24) is 25.4 Å². The molecule has 0 bridgehead atoms. The van der Waals surface area contributed by atoms with Gasteiger partial charge in [0.25, 0.3) is 0 Å². The van der Waals surface area contributed by atoms with Gasteiger partial charge in [0.2, 0.25) is 0 Å². The maximum absolute atomic E-state index is 5.13. The van der Waals surface area contributed by atoms with Crippen molar-refractivity contribution in [3.8, 4) is 0 Å². The van der Waals surface area contributed by atoms with Crippen LogP contribution in [-0.4, -0.2) is 47.5 Å². The van der Waals surface area contributed by atoms with Gasteiger partial charge < -0.3 is 15.4 Å². The summed E-state index contributed by atoms with van der Waals surface area (Å²) in [6, 6.07) is 0.324. The molecule has 2 N–H and O–H groups in total. The second kappa shape index (κ2) is 12.0. The van der Waals surface area contributed by atoms with Crippen LogP contribution < -0.4 is 10.6 Å². The quantitative estimate of drug-likeness (QED) is 0.352. The Morgan fingerprint density at radius 1 is 1.33 bits per heavy atom.